The molecule has 1 unspecified atom stereocenters. The van der Waals surface area contributed by atoms with Gasteiger partial charge in [0.2, 0.25) is 0 Å². The lowest BCUT2D eigenvalue weighted by Crippen LogP contribution is -2.12. The molecule has 1 aliphatic carbocycles. The first-order valence-corrected chi connectivity index (χ1v) is 6.81. The Morgan fingerprint density at radius 3 is 2.45 bits per heavy atom. The molecule has 1 aromatic carbocycles. The van der Waals surface area contributed by atoms with Crippen molar-refractivity contribution in [3.8, 4) is 5.75 Å². The van der Waals surface area contributed by atoms with Crippen LogP contribution in [0.25, 0.3) is 0 Å². The molecule has 1 fully saturated rings. The van der Waals surface area contributed by atoms with Crippen LogP contribution in [0.5, 0.6) is 5.75 Å². The molecule has 1 saturated carbocycles. The minimum atomic E-state index is -4.68. The van der Waals surface area contributed by atoms with Crippen molar-refractivity contribution < 1.29 is 28.2 Å². The van der Waals surface area contributed by atoms with E-state index in [1.165, 1.54) is 6.07 Å². The predicted octanol–water partition coefficient (Wildman–Crippen LogP) is 4.14. The van der Waals surface area contributed by atoms with Gasteiger partial charge in [-0.3, -0.25) is 4.79 Å². The van der Waals surface area contributed by atoms with E-state index in [4.69, 9.17) is 5.11 Å². The van der Waals surface area contributed by atoms with Crippen molar-refractivity contribution in [1.29, 1.82) is 0 Å². The van der Waals surface area contributed by atoms with Gasteiger partial charge in [-0.1, -0.05) is 15.9 Å². The van der Waals surface area contributed by atoms with E-state index in [9.17, 15) is 23.1 Å². The van der Waals surface area contributed by atoms with E-state index in [0.717, 1.165) is 18.9 Å². The number of carboxylic acid groups (broad SMARTS) is 1. The monoisotopic (exact) mass is 352 g/mol. The highest BCUT2D eigenvalue weighted by Crippen LogP contribution is 2.50. The van der Waals surface area contributed by atoms with Crippen molar-refractivity contribution in [2.75, 3.05) is 0 Å². The maximum atomic E-state index is 12.9. The topological polar surface area (TPSA) is 57.5 Å². The van der Waals surface area contributed by atoms with Crippen LogP contribution < -0.4 is 0 Å². The number of phenols is 1. The molecule has 1 aliphatic rings. The van der Waals surface area contributed by atoms with Crippen LogP contribution in [0.1, 0.15) is 36.3 Å². The summed E-state index contributed by atoms with van der Waals surface area (Å²) in [6.45, 7) is 0. The molecule has 0 radical (unpaired) electrons. The van der Waals surface area contributed by atoms with Crippen LogP contribution in [0.4, 0.5) is 13.2 Å². The third-order valence-corrected chi connectivity index (χ3v) is 3.85. The molecular weight excluding hydrogens is 341 g/mol. The van der Waals surface area contributed by atoms with Crippen molar-refractivity contribution in [2.45, 2.75) is 31.4 Å². The number of aliphatic carboxylic acids is 1. The fraction of sp³-hybridized carbons (Fsp3) is 0.462. The first-order chi connectivity index (χ1) is 9.20. The normalized spacial score (nSPS) is 17.0. The Morgan fingerprint density at radius 2 is 2.00 bits per heavy atom. The van der Waals surface area contributed by atoms with Gasteiger partial charge in [-0.25, -0.2) is 0 Å². The quantitative estimate of drug-likeness (QED) is 0.855. The van der Waals surface area contributed by atoms with Crippen molar-refractivity contribution in [3.05, 3.63) is 27.7 Å². The summed E-state index contributed by atoms with van der Waals surface area (Å²) in [5.41, 5.74) is -1.09. The lowest BCUT2D eigenvalue weighted by atomic mass is 9.89. The second kappa shape index (κ2) is 5.27. The molecule has 2 rings (SSSR count). The number of carbonyl (C=O) groups is 1. The van der Waals surface area contributed by atoms with Gasteiger partial charge in [0, 0.05) is 10.4 Å². The zero-order valence-electron chi connectivity index (χ0n) is 10.2. The highest BCUT2D eigenvalue weighted by molar-refractivity contribution is 9.10. The average Bonchev–Trinajstić information content (AvgIpc) is 3.11. The number of rotatable bonds is 4. The first-order valence-electron chi connectivity index (χ1n) is 6.01. The van der Waals surface area contributed by atoms with E-state index < -0.39 is 29.4 Å². The van der Waals surface area contributed by atoms with Gasteiger partial charge in [0.05, 0.1) is 12.0 Å². The summed E-state index contributed by atoms with van der Waals surface area (Å²) >= 11 is 2.99. The predicted molar refractivity (Wildman–Crippen MR) is 68.5 cm³/mol. The molecule has 1 aromatic rings. The Morgan fingerprint density at radius 1 is 1.40 bits per heavy atom. The molecule has 2 N–H and O–H groups in total. The van der Waals surface area contributed by atoms with Gasteiger partial charge in [0.15, 0.2) is 0 Å². The second-order valence-corrected chi connectivity index (χ2v) is 5.85. The van der Waals surface area contributed by atoms with Crippen LogP contribution in [0.3, 0.4) is 0 Å². The minimum absolute atomic E-state index is 0.0207. The molecule has 0 bridgehead atoms. The molecule has 0 aromatic heterocycles. The Balaban J connectivity index is 2.49. The summed E-state index contributed by atoms with van der Waals surface area (Å²) in [5.74, 6) is -2.52. The summed E-state index contributed by atoms with van der Waals surface area (Å²) < 4.78 is 38.7. The maximum absolute atomic E-state index is 12.9. The Bertz CT molecular complexity index is 538. The highest BCUT2D eigenvalue weighted by Gasteiger charge is 2.40. The van der Waals surface area contributed by atoms with E-state index in [2.05, 4.69) is 15.9 Å². The van der Waals surface area contributed by atoms with Gasteiger partial charge in [0.1, 0.15) is 5.75 Å². The van der Waals surface area contributed by atoms with Crippen LogP contribution in [0.15, 0.2) is 16.6 Å². The molecule has 7 heteroatoms. The van der Waals surface area contributed by atoms with Gasteiger partial charge in [0.25, 0.3) is 0 Å². The third kappa shape index (κ3) is 3.26. The number of hydrogen-bond donors (Lipinski definition) is 2. The number of alkyl halides is 3. The molecule has 0 amide bonds. The summed E-state index contributed by atoms with van der Waals surface area (Å²) in [5, 5.41) is 18.8. The van der Waals surface area contributed by atoms with Gasteiger partial charge in [-0.05, 0) is 36.5 Å². The Kier molecular flexibility index (Phi) is 4.00. The summed E-state index contributed by atoms with van der Waals surface area (Å²) in [6.07, 6.45) is -3.43. The maximum Gasteiger partial charge on any atom is 0.420 e. The minimum Gasteiger partial charge on any atom is -0.507 e. The van der Waals surface area contributed by atoms with Gasteiger partial charge in [-0.2, -0.15) is 13.2 Å². The van der Waals surface area contributed by atoms with Crippen LogP contribution in [0.2, 0.25) is 0 Å². The average molecular weight is 353 g/mol. The Hall–Kier alpha value is -1.24. The molecule has 0 spiro atoms. The molecule has 110 valence electrons. The lowest BCUT2D eigenvalue weighted by molar-refractivity contribution is -0.139. The molecule has 0 heterocycles. The summed E-state index contributed by atoms with van der Waals surface area (Å²) in [4.78, 5) is 10.9. The van der Waals surface area contributed by atoms with Crippen molar-refractivity contribution in [2.24, 2.45) is 5.92 Å². The van der Waals surface area contributed by atoms with E-state index in [1.807, 2.05) is 0 Å². The molecule has 0 aliphatic heterocycles. The number of phenolic OH excluding ortho intramolecular Hbond substituents is 1. The molecule has 3 nitrogen and oxygen atoms in total. The zero-order chi connectivity index (χ0) is 15.1. The number of carboxylic acids is 1. The first kappa shape index (κ1) is 15.2. The largest absolute Gasteiger partial charge is 0.507 e. The zero-order valence-corrected chi connectivity index (χ0v) is 11.8. The molecule has 0 saturated heterocycles. The smallest absolute Gasteiger partial charge is 0.420 e. The van der Waals surface area contributed by atoms with Crippen LogP contribution >= 0.6 is 15.9 Å². The highest BCUT2D eigenvalue weighted by atomic mass is 79.9. The Labute approximate surface area is 121 Å². The molecular formula is C13H12BrF3O3. The number of hydrogen-bond acceptors (Lipinski definition) is 2. The van der Waals surface area contributed by atoms with E-state index in [1.54, 1.807) is 0 Å². The van der Waals surface area contributed by atoms with Gasteiger partial charge in [-0.15, -0.1) is 0 Å². The fourth-order valence-electron chi connectivity index (χ4n) is 2.34. The third-order valence-electron chi connectivity index (χ3n) is 3.39. The number of aromatic hydroxyl groups is 1. The lowest BCUT2D eigenvalue weighted by Gasteiger charge is -2.19. The fourth-order valence-corrected chi connectivity index (χ4v) is 2.81. The van der Waals surface area contributed by atoms with Gasteiger partial charge >= 0.3 is 12.1 Å². The van der Waals surface area contributed by atoms with Crippen LogP contribution in [-0.2, 0) is 11.0 Å². The van der Waals surface area contributed by atoms with E-state index >= 15 is 0 Å². The molecule has 1 atom stereocenters. The van der Waals surface area contributed by atoms with Crippen LogP contribution in [-0.4, -0.2) is 16.2 Å². The molecule has 20 heavy (non-hydrogen) atoms. The summed E-state index contributed by atoms with van der Waals surface area (Å²) in [6, 6.07) is 2.17. The van der Waals surface area contributed by atoms with Crippen molar-refractivity contribution >= 4 is 21.9 Å². The van der Waals surface area contributed by atoms with E-state index in [0.29, 0.717) is 0 Å². The van der Waals surface area contributed by atoms with Crippen molar-refractivity contribution in [3.63, 3.8) is 0 Å². The SMILES string of the molecule is O=C(O)CC(c1cc(Br)cc(C(F)(F)F)c1O)C1CC1. The van der Waals surface area contributed by atoms with Crippen molar-refractivity contribution in [1.82, 2.24) is 0 Å². The van der Waals surface area contributed by atoms with E-state index in [-0.39, 0.29) is 22.4 Å². The van der Waals surface area contributed by atoms with Crippen LogP contribution in [0, 0.1) is 5.92 Å². The second-order valence-electron chi connectivity index (χ2n) is 4.93. The number of halogens is 4. The number of benzene rings is 1. The summed E-state index contributed by atoms with van der Waals surface area (Å²) in [7, 11) is 0. The van der Waals surface area contributed by atoms with Gasteiger partial charge < -0.3 is 10.2 Å². The standard InChI is InChI=1S/C13H12BrF3O3/c14-7-3-9(8(5-11(18)19)6-1-2-6)12(20)10(4-7)13(15,16)17/h3-4,6,8,20H,1-2,5H2,(H,18,19).